The number of carbonyl (C=O) groups excluding carboxylic acids is 2. The first-order valence-electron chi connectivity index (χ1n) is 10.7. The quantitative estimate of drug-likeness (QED) is 0.725. The van der Waals surface area contributed by atoms with Crippen LogP contribution in [0.2, 0.25) is 0 Å². The highest BCUT2D eigenvalue weighted by Gasteiger charge is 2.36. The summed E-state index contributed by atoms with van der Waals surface area (Å²) in [6.07, 6.45) is 3.94. The van der Waals surface area contributed by atoms with Crippen molar-refractivity contribution >= 4 is 23.2 Å². The van der Waals surface area contributed by atoms with Crippen LogP contribution in [0.4, 0.5) is 0 Å². The van der Waals surface area contributed by atoms with Crippen LogP contribution in [0.15, 0.2) is 35.7 Å². The van der Waals surface area contributed by atoms with E-state index in [9.17, 15) is 9.59 Å². The van der Waals surface area contributed by atoms with E-state index in [0.29, 0.717) is 6.54 Å². The van der Waals surface area contributed by atoms with Crippen LogP contribution in [0.3, 0.4) is 0 Å². The molecule has 1 atom stereocenters. The van der Waals surface area contributed by atoms with Gasteiger partial charge in [0, 0.05) is 23.4 Å². The second-order valence-electron chi connectivity index (χ2n) is 8.58. The van der Waals surface area contributed by atoms with E-state index in [4.69, 9.17) is 0 Å². The molecule has 4 rings (SSSR count). The number of hydrogen-bond donors (Lipinski definition) is 0. The molecule has 1 aliphatic heterocycles. The molecule has 1 aromatic heterocycles. The van der Waals surface area contributed by atoms with Gasteiger partial charge in [0.2, 0.25) is 11.8 Å². The number of thiophene rings is 1. The normalized spacial score (nSPS) is 19.0. The van der Waals surface area contributed by atoms with Gasteiger partial charge in [-0.3, -0.25) is 9.59 Å². The van der Waals surface area contributed by atoms with Gasteiger partial charge in [-0.05, 0) is 68.2 Å². The topological polar surface area (TPSA) is 40.6 Å². The first kappa shape index (κ1) is 20.1. The summed E-state index contributed by atoms with van der Waals surface area (Å²) in [5, 5.41) is 2.13. The van der Waals surface area contributed by atoms with Crippen molar-refractivity contribution in [3.63, 3.8) is 0 Å². The lowest BCUT2D eigenvalue weighted by atomic mass is 9.84. The highest BCUT2D eigenvalue weighted by atomic mass is 32.1. The van der Waals surface area contributed by atoms with Gasteiger partial charge in [-0.15, -0.1) is 11.3 Å². The van der Waals surface area contributed by atoms with Gasteiger partial charge in [-0.25, -0.2) is 0 Å². The molecule has 2 amide bonds. The number of amides is 2. The molecule has 1 fully saturated rings. The van der Waals surface area contributed by atoms with E-state index in [0.717, 1.165) is 25.7 Å². The molecule has 0 radical (unpaired) electrons. The van der Waals surface area contributed by atoms with Crippen LogP contribution in [0.1, 0.15) is 60.7 Å². The van der Waals surface area contributed by atoms with E-state index in [1.165, 1.54) is 21.6 Å². The molecule has 1 saturated carbocycles. The molecule has 2 aliphatic rings. The highest BCUT2D eigenvalue weighted by molar-refractivity contribution is 7.10. The van der Waals surface area contributed by atoms with Gasteiger partial charge >= 0.3 is 0 Å². The van der Waals surface area contributed by atoms with E-state index in [1.54, 1.807) is 16.2 Å². The predicted molar refractivity (Wildman–Crippen MR) is 117 cm³/mol. The van der Waals surface area contributed by atoms with Crippen molar-refractivity contribution in [3.05, 3.63) is 57.3 Å². The number of benzene rings is 1. The second-order valence-corrected chi connectivity index (χ2v) is 9.58. The Kier molecular flexibility index (Phi) is 5.77. The first-order valence-corrected chi connectivity index (χ1v) is 11.6. The summed E-state index contributed by atoms with van der Waals surface area (Å²) in [6.45, 7) is 7.01. The summed E-state index contributed by atoms with van der Waals surface area (Å²) in [5.41, 5.74) is 3.62. The largest absolute Gasteiger partial charge is 0.331 e. The number of rotatable bonds is 5. The predicted octanol–water partition coefficient (Wildman–Crippen LogP) is 4.57. The van der Waals surface area contributed by atoms with E-state index >= 15 is 0 Å². The molecule has 0 N–H and O–H groups in total. The number of aryl methyl sites for hydroxylation is 1. The van der Waals surface area contributed by atoms with Crippen molar-refractivity contribution in [2.45, 2.75) is 58.5 Å². The molecule has 1 aliphatic carbocycles. The van der Waals surface area contributed by atoms with Crippen LogP contribution < -0.4 is 0 Å². The van der Waals surface area contributed by atoms with Gasteiger partial charge < -0.3 is 9.80 Å². The molecule has 0 saturated heterocycles. The van der Waals surface area contributed by atoms with Crippen LogP contribution in [-0.2, 0) is 16.0 Å². The van der Waals surface area contributed by atoms with Crippen molar-refractivity contribution < 1.29 is 9.59 Å². The van der Waals surface area contributed by atoms with Crippen molar-refractivity contribution in [3.8, 4) is 0 Å². The van der Waals surface area contributed by atoms with Crippen LogP contribution >= 0.6 is 11.3 Å². The molecule has 4 nitrogen and oxygen atoms in total. The van der Waals surface area contributed by atoms with E-state index in [2.05, 4.69) is 30.5 Å². The maximum Gasteiger partial charge on any atom is 0.243 e. The number of carbonyl (C=O) groups is 2. The van der Waals surface area contributed by atoms with Crippen molar-refractivity contribution in [2.75, 3.05) is 13.1 Å². The summed E-state index contributed by atoms with van der Waals surface area (Å²) >= 11 is 1.78. The first-order chi connectivity index (χ1) is 14.0. The average molecular weight is 411 g/mol. The molecule has 154 valence electrons. The van der Waals surface area contributed by atoms with Crippen LogP contribution in [0.25, 0.3) is 0 Å². The standard InChI is InChI=1S/C24H30N2O2S/c1-16(2)26(24(28)18-8-6-9-18)15-22(27)25-13-11-21-20(12-14-29-21)23(25)19-10-5-4-7-17(19)3/h4-5,7,10,12,14,16,18,23H,6,8-9,11,13,15H2,1-3H3/t23-/m1/s1. The summed E-state index contributed by atoms with van der Waals surface area (Å²) < 4.78 is 0. The summed E-state index contributed by atoms with van der Waals surface area (Å²) in [4.78, 5) is 31.6. The van der Waals surface area contributed by atoms with Gasteiger partial charge in [-0.1, -0.05) is 30.7 Å². The molecular weight excluding hydrogens is 380 g/mol. The van der Waals surface area contributed by atoms with Gasteiger partial charge in [0.15, 0.2) is 0 Å². The molecule has 5 heteroatoms. The van der Waals surface area contributed by atoms with Crippen LogP contribution in [0.5, 0.6) is 0 Å². The fourth-order valence-corrected chi connectivity index (χ4v) is 5.36. The molecule has 2 aromatic rings. The average Bonchev–Trinajstić information content (AvgIpc) is 3.12. The number of fused-ring (bicyclic) bond motifs is 1. The van der Waals surface area contributed by atoms with Gasteiger partial charge in [0.05, 0.1) is 6.04 Å². The SMILES string of the molecule is Cc1ccccc1[C@@H]1c2ccsc2CCN1C(=O)CN(C(=O)C1CCC1)C(C)C. The van der Waals surface area contributed by atoms with Crippen LogP contribution in [0, 0.1) is 12.8 Å². The molecule has 0 bridgehead atoms. The van der Waals surface area contributed by atoms with Gasteiger partial charge in [0.25, 0.3) is 0 Å². The molecule has 0 spiro atoms. The van der Waals surface area contributed by atoms with Crippen molar-refractivity contribution in [2.24, 2.45) is 5.92 Å². The second kappa shape index (κ2) is 8.31. The summed E-state index contributed by atoms with van der Waals surface area (Å²) in [7, 11) is 0. The fraction of sp³-hybridized carbons (Fsp3) is 0.500. The third kappa shape index (κ3) is 3.85. The zero-order chi connectivity index (χ0) is 20.5. The fourth-order valence-electron chi connectivity index (χ4n) is 4.46. The Morgan fingerprint density at radius 2 is 1.93 bits per heavy atom. The monoisotopic (exact) mass is 410 g/mol. The Morgan fingerprint density at radius 3 is 2.59 bits per heavy atom. The number of nitrogens with zero attached hydrogens (tertiary/aromatic N) is 2. The van der Waals surface area contributed by atoms with Gasteiger partial charge in [0.1, 0.15) is 6.54 Å². The van der Waals surface area contributed by atoms with E-state index in [1.807, 2.05) is 30.9 Å². The maximum absolute atomic E-state index is 13.5. The van der Waals surface area contributed by atoms with Crippen molar-refractivity contribution in [1.29, 1.82) is 0 Å². The van der Waals surface area contributed by atoms with E-state index in [-0.39, 0.29) is 36.4 Å². The third-order valence-electron chi connectivity index (χ3n) is 6.44. The molecule has 29 heavy (non-hydrogen) atoms. The Labute approximate surface area is 177 Å². The number of hydrogen-bond acceptors (Lipinski definition) is 3. The Balaban J connectivity index is 1.62. The zero-order valence-electron chi connectivity index (χ0n) is 17.6. The van der Waals surface area contributed by atoms with Crippen LogP contribution in [-0.4, -0.2) is 40.7 Å². The molecule has 0 unspecified atom stereocenters. The maximum atomic E-state index is 13.5. The van der Waals surface area contributed by atoms with Crippen molar-refractivity contribution in [1.82, 2.24) is 9.80 Å². The minimum atomic E-state index is -0.0634. The minimum Gasteiger partial charge on any atom is -0.331 e. The summed E-state index contributed by atoms with van der Waals surface area (Å²) in [5.74, 6) is 0.318. The lowest BCUT2D eigenvalue weighted by Crippen LogP contribution is -2.50. The Hall–Kier alpha value is -2.14. The zero-order valence-corrected chi connectivity index (χ0v) is 18.4. The molecular formula is C24H30N2O2S. The Morgan fingerprint density at radius 1 is 1.17 bits per heavy atom. The van der Waals surface area contributed by atoms with Gasteiger partial charge in [-0.2, -0.15) is 0 Å². The third-order valence-corrected chi connectivity index (χ3v) is 7.43. The lowest BCUT2D eigenvalue weighted by molar-refractivity contribution is -0.147. The smallest absolute Gasteiger partial charge is 0.243 e. The highest BCUT2D eigenvalue weighted by Crippen LogP contribution is 2.39. The van der Waals surface area contributed by atoms with E-state index < -0.39 is 0 Å². The minimum absolute atomic E-state index is 0.0328. The molecule has 2 heterocycles. The lowest BCUT2D eigenvalue weighted by Gasteiger charge is -2.40. The molecule has 1 aromatic carbocycles. The summed E-state index contributed by atoms with van der Waals surface area (Å²) in [6, 6.07) is 10.5. The Bertz CT molecular complexity index is 900.